The average Bonchev–Trinajstić information content (AvgIpc) is 3.25. The molecule has 0 saturated carbocycles. The molecule has 0 unspecified atom stereocenters. The van der Waals surface area contributed by atoms with E-state index in [0.29, 0.717) is 5.69 Å². The molecule has 1 saturated heterocycles. The first-order chi connectivity index (χ1) is 11.3. The van der Waals surface area contributed by atoms with Crippen molar-refractivity contribution in [3.8, 4) is 0 Å². The number of likely N-dealkylation sites (tertiary alicyclic amines) is 1. The van der Waals surface area contributed by atoms with Gasteiger partial charge in [0.2, 0.25) is 0 Å². The number of pyridine rings is 1. The Hall–Kier alpha value is -2.69. The number of aromatic nitrogens is 1. The predicted molar refractivity (Wildman–Crippen MR) is 86.9 cm³/mol. The molecule has 0 bridgehead atoms. The van der Waals surface area contributed by atoms with Crippen LogP contribution >= 0.6 is 0 Å². The zero-order valence-corrected chi connectivity index (χ0v) is 12.6. The van der Waals surface area contributed by atoms with Gasteiger partial charge in [0.15, 0.2) is 5.82 Å². The van der Waals surface area contributed by atoms with E-state index in [2.05, 4.69) is 20.4 Å². The van der Waals surface area contributed by atoms with Crippen molar-refractivity contribution in [2.24, 2.45) is 5.10 Å². The van der Waals surface area contributed by atoms with Gasteiger partial charge in [0.1, 0.15) is 5.82 Å². The van der Waals surface area contributed by atoms with Crippen molar-refractivity contribution in [2.75, 3.05) is 6.54 Å². The molecule has 4 rings (SSSR count). The number of benzene rings is 1. The summed E-state index contributed by atoms with van der Waals surface area (Å²) in [6.07, 6.45) is 5.27. The molecule has 1 aromatic heterocycles. The SMILES string of the molecule is Fc1cccnc1[C@H]1CCCN1C1=C(c2ccccc2)C=N[N]1. The van der Waals surface area contributed by atoms with Crippen molar-refractivity contribution in [1.29, 1.82) is 0 Å². The van der Waals surface area contributed by atoms with Crippen molar-refractivity contribution in [3.63, 3.8) is 0 Å². The van der Waals surface area contributed by atoms with Gasteiger partial charge in [-0.25, -0.2) is 4.39 Å². The van der Waals surface area contributed by atoms with E-state index in [1.807, 2.05) is 30.3 Å². The normalized spacial score (nSPS) is 20.2. The molecule has 0 aliphatic carbocycles. The molecule has 1 radical (unpaired) electrons. The van der Waals surface area contributed by atoms with E-state index in [1.54, 1.807) is 18.5 Å². The molecule has 2 aliphatic rings. The molecule has 115 valence electrons. The Kier molecular flexibility index (Phi) is 3.54. The summed E-state index contributed by atoms with van der Waals surface area (Å²) in [4.78, 5) is 6.38. The number of halogens is 1. The first-order valence-corrected chi connectivity index (χ1v) is 7.75. The lowest BCUT2D eigenvalue weighted by Gasteiger charge is -2.27. The second-order valence-electron chi connectivity index (χ2n) is 5.67. The van der Waals surface area contributed by atoms with Crippen LogP contribution in [0.3, 0.4) is 0 Å². The van der Waals surface area contributed by atoms with Crippen LogP contribution in [0.5, 0.6) is 0 Å². The van der Waals surface area contributed by atoms with Crippen LogP contribution in [0.4, 0.5) is 4.39 Å². The topological polar surface area (TPSA) is 42.6 Å². The summed E-state index contributed by atoms with van der Waals surface area (Å²) in [5.74, 6) is 0.550. The first-order valence-electron chi connectivity index (χ1n) is 7.75. The minimum Gasteiger partial charge on any atom is -0.346 e. The van der Waals surface area contributed by atoms with Crippen LogP contribution in [-0.4, -0.2) is 22.6 Å². The quantitative estimate of drug-likeness (QED) is 0.873. The van der Waals surface area contributed by atoms with E-state index in [4.69, 9.17) is 0 Å². The molecule has 3 heterocycles. The lowest BCUT2D eigenvalue weighted by Crippen LogP contribution is -2.27. The highest BCUT2D eigenvalue weighted by molar-refractivity contribution is 6.12. The third kappa shape index (κ3) is 2.48. The van der Waals surface area contributed by atoms with Crippen molar-refractivity contribution < 1.29 is 4.39 Å². The molecule has 1 fully saturated rings. The van der Waals surface area contributed by atoms with Gasteiger partial charge < -0.3 is 4.90 Å². The maximum Gasteiger partial charge on any atom is 0.161 e. The summed E-state index contributed by atoms with van der Waals surface area (Å²) >= 11 is 0. The van der Waals surface area contributed by atoms with Crippen LogP contribution < -0.4 is 5.43 Å². The zero-order valence-electron chi connectivity index (χ0n) is 12.6. The van der Waals surface area contributed by atoms with E-state index < -0.39 is 0 Å². The van der Waals surface area contributed by atoms with Crippen LogP contribution in [0.1, 0.15) is 30.1 Å². The van der Waals surface area contributed by atoms with Gasteiger partial charge in [-0.05, 0) is 30.5 Å². The Morgan fingerprint density at radius 2 is 1.96 bits per heavy atom. The van der Waals surface area contributed by atoms with Gasteiger partial charge >= 0.3 is 0 Å². The molecular weight excluding hydrogens is 291 g/mol. The second-order valence-corrected chi connectivity index (χ2v) is 5.67. The number of hydrogen-bond donors (Lipinski definition) is 0. The van der Waals surface area contributed by atoms with Gasteiger partial charge in [0, 0.05) is 18.3 Å². The third-order valence-electron chi connectivity index (χ3n) is 4.29. The molecule has 4 nitrogen and oxygen atoms in total. The summed E-state index contributed by atoms with van der Waals surface area (Å²) in [7, 11) is 0. The number of allylic oxidation sites excluding steroid dienone is 1. The standard InChI is InChI=1S/C18H16FN4/c19-15-8-4-10-20-17(15)16-9-5-11-23(16)18-14(12-21-22-18)13-6-2-1-3-7-13/h1-4,6-8,10,12,16H,5,9,11H2/t16-/m1/s1. The molecule has 5 heteroatoms. The maximum atomic E-state index is 14.2. The summed E-state index contributed by atoms with van der Waals surface area (Å²) < 4.78 is 14.2. The van der Waals surface area contributed by atoms with Gasteiger partial charge in [0.25, 0.3) is 0 Å². The van der Waals surface area contributed by atoms with E-state index >= 15 is 0 Å². The first kappa shape index (κ1) is 13.9. The van der Waals surface area contributed by atoms with Gasteiger partial charge in [-0.15, -0.1) is 5.43 Å². The monoisotopic (exact) mass is 307 g/mol. The molecule has 1 atom stereocenters. The molecule has 1 aromatic carbocycles. The predicted octanol–water partition coefficient (Wildman–Crippen LogP) is 3.33. The van der Waals surface area contributed by atoms with Crippen molar-refractivity contribution >= 4 is 11.8 Å². The van der Waals surface area contributed by atoms with Crippen LogP contribution in [-0.2, 0) is 0 Å². The second kappa shape index (κ2) is 5.83. The summed E-state index contributed by atoms with van der Waals surface area (Å²) in [5.41, 5.74) is 6.85. The van der Waals surface area contributed by atoms with Crippen LogP contribution in [0.15, 0.2) is 59.6 Å². The average molecular weight is 307 g/mol. The van der Waals surface area contributed by atoms with Gasteiger partial charge in [-0.1, -0.05) is 30.3 Å². The van der Waals surface area contributed by atoms with E-state index in [-0.39, 0.29) is 11.9 Å². The van der Waals surface area contributed by atoms with E-state index in [9.17, 15) is 4.39 Å². The lowest BCUT2D eigenvalue weighted by atomic mass is 10.1. The summed E-state index contributed by atoms with van der Waals surface area (Å²) in [6.45, 7) is 0.833. The van der Waals surface area contributed by atoms with Gasteiger partial charge in [-0.3, -0.25) is 4.98 Å². The van der Waals surface area contributed by atoms with Crippen molar-refractivity contribution in [2.45, 2.75) is 18.9 Å². The molecule has 23 heavy (non-hydrogen) atoms. The number of rotatable bonds is 3. The lowest BCUT2D eigenvalue weighted by molar-refractivity contribution is 0.295. The van der Waals surface area contributed by atoms with Gasteiger partial charge in [0.05, 0.1) is 18.0 Å². The summed E-state index contributed by atoms with van der Waals surface area (Å²) in [5, 5.41) is 4.09. The fraction of sp³-hybridized carbons (Fsp3) is 0.222. The largest absolute Gasteiger partial charge is 0.346 e. The fourth-order valence-electron chi connectivity index (χ4n) is 3.23. The Balaban J connectivity index is 1.73. The fourth-order valence-corrected chi connectivity index (χ4v) is 3.23. The van der Waals surface area contributed by atoms with Crippen LogP contribution in [0.25, 0.3) is 5.57 Å². The molecular formula is C18H16FN4. The van der Waals surface area contributed by atoms with Gasteiger partial charge in [-0.2, -0.15) is 5.10 Å². The Labute approximate surface area is 134 Å². The Bertz CT molecular complexity index is 770. The molecule has 0 spiro atoms. The van der Waals surface area contributed by atoms with Crippen molar-refractivity contribution in [1.82, 2.24) is 15.3 Å². The zero-order chi connectivity index (χ0) is 15.6. The third-order valence-corrected chi connectivity index (χ3v) is 4.29. The highest BCUT2D eigenvalue weighted by Gasteiger charge is 2.34. The van der Waals surface area contributed by atoms with E-state index in [1.165, 1.54) is 6.07 Å². The van der Waals surface area contributed by atoms with Crippen LogP contribution in [0, 0.1) is 5.82 Å². The maximum absolute atomic E-state index is 14.2. The summed E-state index contributed by atoms with van der Waals surface area (Å²) in [6, 6.07) is 13.0. The molecule has 0 N–H and O–H groups in total. The van der Waals surface area contributed by atoms with E-state index in [0.717, 1.165) is 36.3 Å². The smallest absolute Gasteiger partial charge is 0.161 e. The molecule has 2 aromatic rings. The minimum atomic E-state index is -0.259. The number of nitrogens with zero attached hydrogens (tertiary/aromatic N) is 4. The number of hydrogen-bond acceptors (Lipinski definition) is 3. The Morgan fingerprint density at radius 1 is 1.09 bits per heavy atom. The molecule has 2 aliphatic heterocycles. The van der Waals surface area contributed by atoms with Crippen LogP contribution in [0.2, 0.25) is 0 Å². The molecule has 0 amide bonds. The minimum absolute atomic E-state index is 0.0876. The van der Waals surface area contributed by atoms with Crippen molar-refractivity contribution in [3.05, 3.63) is 71.6 Å². The highest BCUT2D eigenvalue weighted by atomic mass is 19.1. The Morgan fingerprint density at radius 3 is 2.78 bits per heavy atom. The highest BCUT2D eigenvalue weighted by Crippen LogP contribution is 2.37.